The first-order chi connectivity index (χ1) is 17.0. The fourth-order valence-corrected chi connectivity index (χ4v) is 4.38. The lowest BCUT2D eigenvalue weighted by Gasteiger charge is -2.18. The van der Waals surface area contributed by atoms with E-state index in [0.717, 1.165) is 4.88 Å². The van der Waals surface area contributed by atoms with E-state index >= 15 is 0 Å². The number of fused-ring (bicyclic) bond motifs is 1. The van der Waals surface area contributed by atoms with Gasteiger partial charge in [-0.05, 0) is 61.7 Å². The molecule has 2 aromatic heterocycles. The number of hydrogen-bond acceptors (Lipinski definition) is 6. The normalized spacial score (nSPS) is 10.7. The molecule has 0 aliphatic rings. The van der Waals surface area contributed by atoms with Gasteiger partial charge in [0.05, 0.1) is 21.7 Å². The summed E-state index contributed by atoms with van der Waals surface area (Å²) in [5, 5.41) is 5.30. The van der Waals surface area contributed by atoms with Crippen molar-refractivity contribution < 1.29 is 19.1 Å². The maximum atomic E-state index is 12.9. The van der Waals surface area contributed by atoms with Gasteiger partial charge in [-0.15, -0.1) is 11.3 Å². The van der Waals surface area contributed by atoms with Gasteiger partial charge in [-0.2, -0.15) is 0 Å². The summed E-state index contributed by atoms with van der Waals surface area (Å²) in [6, 6.07) is 19.5. The maximum absolute atomic E-state index is 12.9. The van der Waals surface area contributed by atoms with Gasteiger partial charge in [-0.1, -0.05) is 24.3 Å². The van der Waals surface area contributed by atoms with Crippen LogP contribution in [-0.2, 0) is 9.53 Å². The molecule has 4 aromatic rings. The molecule has 0 unspecified atom stereocenters. The van der Waals surface area contributed by atoms with Crippen LogP contribution in [0.2, 0.25) is 0 Å². The smallest absolute Gasteiger partial charge is 0.339 e. The van der Waals surface area contributed by atoms with Crippen molar-refractivity contribution in [2.45, 2.75) is 13.8 Å². The Kier molecular flexibility index (Phi) is 7.52. The predicted octanol–water partition coefficient (Wildman–Crippen LogP) is 5.24. The predicted molar refractivity (Wildman–Crippen MR) is 138 cm³/mol. The van der Waals surface area contributed by atoms with E-state index in [4.69, 9.17) is 4.74 Å². The Balaban J connectivity index is 1.43. The van der Waals surface area contributed by atoms with E-state index in [2.05, 4.69) is 10.3 Å². The van der Waals surface area contributed by atoms with Gasteiger partial charge in [0.25, 0.3) is 11.8 Å². The van der Waals surface area contributed by atoms with Crippen LogP contribution in [0, 0.1) is 0 Å². The average molecular weight is 488 g/mol. The van der Waals surface area contributed by atoms with Crippen LogP contribution in [-0.4, -0.2) is 47.4 Å². The summed E-state index contributed by atoms with van der Waals surface area (Å²) in [5.74, 6) is -1.14. The van der Waals surface area contributed by atoms with Gasteiger partial charge >= 0.3 is 5.97 Å². The van der Waals surface area contributed by atoms with Crippen LogP contribution in [0.25, 0.3) is 21.5 Å². The molecule has 2 amide bonds. The van der Waals surface area contributed by atoms with Crippen molar-refractivity contribution in [3.05, 3.63) is 83.2 Å². The number of nitrogens with one attached hydrogen (secondary N) is 1. The number of anilines is 1. The van der Waals surface area contributed by atoms with Crippen molar-refractivity contribution in [3.8, 4) is 10.6 Å². The summed E-state index contributed by atoms with van der Waals surface area (Å²) in [6.45, 7) is 4.66. The van der Waals surface area contributed by atoms with Crippen molar-refractivity contribution in [1.29, 1.82) is 0 Å². The summed E-state index contributed by atoms with van der Waals surface area (Å²) >= 11 is 1.53. The Morgan fingerprint density at radius 3 is 2.40 bits per heavy atom. The second kappa shape index (κ2) is 10.9. The Labute approximate surface area is 207 Å². The standard InChI is InChI=1S/C27H25N3O4S/c1-3-30(4-2)26(32)18-11-13-19(14-12-18)28-25(31)17-34-27(33)21-16-23(24-10-7-15-35-24)29-22-9-6-5-8-20(21)22/h5-16H,3-4,17H2,1-2H3,(H,28,31). The molecule has 0 aliphatic carbocycles. The molecule has 7 nitrogen and oxygen atoms in total. The van der Waals surface area contributed by atoms with Gasteiger partial charge in [0.2, 0.25) is 0 Å². The molecule has 0 aliphatic heterocycles. The summed E-state index contributed by atoms with van der Waals surface area (Å²) < 4.78 is 5.33. The first-order valence-electron chi connectivity index (χ1n) is 11.3. The van der Waals surface area contributed by atoms with Crippen LogP contribution < -0.4 is 5.32 Å². The fourth-order valence-electron chi connectivity index (χ4n) is 3.69. The fraction of sp³-hybridized carbons (Fsp3) is 0.185. The third-order valence-electron chi connectivity index (χ3n) is 5.51. The summed E-state index contributed by atoms with van der Waals surface area (Å²) in [5.41, 5.74) is 2.76. The van der Waals surface area contributed by atoms with Gasteiger partial charge in [-0.3, -0.25) is 9.59 Å². The highest BCUT2D eigenvalue weighted by molar-refractivity contribution is 7.13. The zero-order chi connectivity index (χ0) is 24.8. The summed E-state index contributed by atoms with van der Waals surface area (Å²) in [4.78, 5) is 45.0. The summed E-state index contributed by atoms with van der Waals surface area (Å²) in [7, 11) is 0. The SMILES string of the molecule is CCN(CC)C(=O)c1ccc(NC(=O)COC(=O)c2cc(-c3cccs3)nc3ccccc23)cc1. The molecule has 2 heterocycles. The van der Waals surface area contributed by atoms with E-state index in [9.17, 15) is 14.4 Å². The minimum absolute atomic E-state index is 0.0618. The first kappa shape index (κ1) is 24.1. The van der Waals surface area contributed by atoms with E-state index in [-0.39, 0.29) is 5.91 Å². The van der Waals surface area contributed by atoms with Crippen molar-refractivity contribution in [3.63, 3.8) is 0 Å². The monoisotopic (exact) mass is 487 g/mol. The summed E-state index contributed by atoms with van der Waals surface area (Å²) in [6.07, 6.45) is 0. The molecule has 0 saturated heterocycles. The Morgan fingerprint density at radius 2 is 1.71 bits per heavy atom. The van der Waals surface area contributed by atoms with Crippen LogP contribution in [0.1, 0.15) is 34.6 Å². The molecule has 2 aromatic carbocycles. The third-order valence-corrected chi connectivity index (χ3v) is 6.40. The molecular formula is C27H25N3O4S. The number of aromatic nitrogens is 1. The zero-order valence-corrected chi connectivity index (χ0v) is 20.3. The molecule has 0 spiro atoms. The number of benzene rings is 2. The molecule has 178 valence electrons. The second-order valence-corrected chi connectivity index (χ2v) is 8.68. The number of amides is 2. The lowest BCUT2D eigenvalue weighted by atomic mass is 10.1. The average Bonchev–Trinajstić information content (AvgIpc) is 3.43. The Hall–Kier alpha value is -4.04. The van der Waals surface area contributed by atoms with Gasteiger partial charge < -0.3 is 15.0 Å². The molecule has 0 saturated carbocycles. The number of para-hydroxylation sites is 1. The van der Waals surface area contributed by atoms with Crippen molar-refractivity contribution in [1.82, 2.24) is 9.88 Å². The van der Waals surface area contributed by atoms with Crippen molar-refractivity contribution in [2.75, 3.05) is 25.0 Å². The molecule has 0 atom stereocenters. The highest BCUT2D eigenvalue weighted by Crippen LogP contribution is 2.28. The molecule has 0 bridgehead atoms. The van der Waals surface area contributed by atoms with Crippen molar-refractivity contribution in [2.24, 2.45) is 0 Å². The van der Waals surface area contributed by atoms with Crippen molar-refractivity contribution >= 4 is 45.7 Å². The van der Waals surface area contributed by atoms with Crippen LogP contribution >= 0.6 is 11.3 Å². The largest absolute Gasteiger partial charge is 0.452 e. The first-order valence-corrected chi connectivity index (χ1v) is 12.2. The number of thiophene rings is 1. The van der Waals surface area contributed by atoms with Gasteiger partial charge in [0.1, 0.15) is 0 Å². The van der Waals surface area contributed by atoms with Gasteiger partial charge in [0, 0.05) is 29.7 Å². The quantitative estimate of drug-likeness (QED) is 0.343. The second-order valence-electron chi connectivity index (χ2n) is 7.73. The third kappa shape index (κ3) is 5.55. The Morgan fingerprint density at radius 1 is 0.971 bits per heavy atom. The molecule has 4 rings (SSSR count). The number of hydrogen-bond donors (Lipinski definition) is 1. The highest BCUT2D eigenvalue weighted by Gasteiger charge is 2.17. The number of ether oxygens (including phenoxy) is 1. The molecule has 35 heavy (non-hydrogen) atoms. The number of nitrogens with zero attached hydrogens (tertiary/aromatic N) is 2. The van der Waals surface area contributed by atoms with Crippen LogP contribution in [0.5, 0.6) is 0 Å². The lowest BCUT2D eigenvalue weighted by molar-refractivity contribution is -0.119. The molecule has 8 heteroatoms. The van der Waals surface area contributed by atoms with E-state index in [1.165, 1.54) is 11.3 Å². The topological polar surface area (TPSA) is 88.6 Å². The van der Waals surface area contributed by atoms with E-state index < -0.39 is 18.5 Å². The molecular weight excluding hydrogens is 462 g/mol. The number of pyridine rings is 1. The highest BCUT2D eigenvalue weighted by atomic mass is 32.1. The van der Waals surface area contributed by atoms with Crippen LogP contribution in [0.4, 0.5) is 5.69 Å². The van der Waals surface area contributed by atoms with E-state index in [0.29, 0.717) is 46.5 Å². The molecule has 0 radical (unpaired) electrons. The van der Waals surface area contributed by atoms with E-state index in [1.807, 2.05) is 49.6 Å². The Bertz CT molecular complexity index is 1350. The van der Waals surface area contributed by atoms with Gasteiger partial charge in [-0.25, -0.2) is 9.78 Å². The van der Waals surface area contributed by atoms with Crippen LogP contribution in [0.15, 0.2) is 72.1 Å². The van der Waals surface area contributed by atoms with Crippen LogP contribution in [0.3, 0.4) is 0 Å². The zero-order valence-electron chi connectivity index (χ0n) is 19.5. The minimum atomic E-state index is -0.600. The lowest BCUT2D eigenvalue weighted by Crippen LogP contribution is -2.30. The maximum Gasteiger partial charge on any atom is 0.339 e. The number of carbonyl (C=O) groups excluding carboxylic acids is 3. The van der Waals surface area contributed by atoms with E-state index in [1.54, 1.807) is 41.3 Å². The number of carbonyl (C=O) groups is 3. The molecule has 1 N–H and O–H groups in total. The molecule has 0 fully saturated rings. The number of esters is 1. The minimum Gasteiger partial charge on any atom is -0.452 e. The van der Waals surface area contributed by atoms with Gasteiger partial charge in [0.15, 0.2) is 6.61 Å². The number of rotatable bonds is 8.